The lowest BCUT2D eigenvalue weighted by molar-refractivity contribution is -0.118. The van der Waals surface area contributed by atoms with Crippen LogP contribution in [0.2, 0.25) is 0 Å². The van der Waals surface area contributed by atoms with Gasteiger partial charge in [0.05, 0.1) is 18.5 Å². The molecule has 2 rings (SSSR count). The van der Waals surface area contributed by atoms with Gasteiger partial charge in [-0.3, -0.25) is 15.0 Å². The Hall–Kier alpha value is -4.01. The molecule has 0 fully saturated rings. The van der Waals surface area contributed by atoms with Crippen molar-refractivity contribution in [3.05, 3.63) is 64.6 Å². The molecule has 186 valence electrons. The van der Waals surface area contributed by atoms with Crippen molar-refractivity contribution in [2.75, 3.05) is 37.1 Å². The van der Waals surface area contributed by atoms with Gasteiger partial charge in [-0.05, 0) is 66.5 Å². The highest BCUT2D eigenvalue weighted by atomic mass is 16.5. The highest BCUT2D eigenvalue weighted by Crippen LogP contribution is 2.20. The minimum Gasteiger partial charge on any atom is -0.497 e. The lowest BCUT2D eigenvalue weighted by Gasteiger charge is -2.22. The minimum absolute atomic E-state index is 0.0758. The average Bonchev–Trinajstić information content (AvgIpc) is 2.89. The standard InChI is InChI=1S/C26H33N5O4/c1-4-16-31(26(33)5-2)23-10-6-20(7-11-23)17-21(14-15-27-19-32)25(18-28-34)30-29-22-8-12-24(35-3)13-9-22/h6-13,17,19,29H,4-5,14-16,18H2,1-3H3,(H,27,32)/b21-17+,30-25-. The molecule has 35 heavy (non-hydrogen) atoms. The van der Waals surface area contributed by atoms with Crippen LogP contribution in [0.1, 0.15) is 38.7 Å². The molecule has 0 aliphatic carbocycles. The van der Waals surface area contributed by atoms with Crippen molar-refractivity contribution in [1.29, 1.82) is 0 Å². The van der Waals surface area contributed by atoms with E-state index in [9.17, 15) is 14.5 Å². The lowest BCUT2D eigenvalue weighted by Crippen LogP contribution is -2.30. The number of rotatable bonds is 15. The SMILES string of the molecule is CCCN(C(=O)CC)c1ccc(/C=C(CCNC=O)/C(CN=O)=N\Nc2ccc(OC)cc2)cc1. The molecule has 0 aliphatic rings. The van der Waals surface area contributed by atoms with E-state index in [1.165, 1.54) is 0 Å². The number of nitrogens with zero attached hydrogens (tertiary/aromatic N) is 3. The van der Waals surface area contributed by atoms with Crippen LogP contribution in [0.5, 0.6) is 5.75 Å². The van der Waals surface area contributed by atoms with Crippen LogP contribution in [-0.4, -0.2) is 44.8 Å². The zero-order chi connectivity index (χ0) is 25.5. The number of hydrogen-bond donors (Lipinski definition) is 2. The third-order valence-corrected chi connectivity index (χ3v) is 5.21. The van der Waals surface area contributed by atoms with Crippen LogP contribution < -0.4 is 20.4 Å². The first-order valence-electron chi connectivity index (χ1n) is 11.6. The smallest absolute Gasteiger partial charge is 0.226 e. The molecule has 9 nitrogen and oxygen atoms in total. The Labute approximate surface area is 206 Å². The lowest BCUT2D eigenvalue weighted by atomic mass is 10.0. The van der Waals surface area contributed by atoms with Crippen molar-refractivity contribution in [2.24, 2.45) is 10.3 Å². The van der Waals surface area contributed by atoms with Crippen LogP contribution in [0.15, 0.2) is 64.4 Å². The second-order valence-corrected chi connectivity index (χ2v) is 7.67. The van der Waals surface area contributed by atoms with Crippen LogP contribution in [0.25, 0.3) is 6.08 Å². The molecule has 0 atom stereocenters. The van der Waals surface area contributed by atoms with E-state index in [1.54, 1.807) is 24.1 Å². The van der Waals surface area contributed by atoms with E-state index in [2.05, 4.69) is 21.0 Å². The molecule has 0 spiro atoms. The van der Waals surface area contributed by atoms with Gasteiger partial charge >= 0.3 is 0 Å². The van der Waals surface area contributed by atoms with Crippen LogP contribution in [0.3, 0.4) is 0 Å². The van der Waals surface area contributed by atoms with E-state index in [1.807, 2.05) is 56.3 Å². The summed E-state index contributed by atoms with van der Waals surface area (Å²) in [6.45, 7) is 4.79. The minimum atomic E-state index is -0.135. The molecule has 0 heterocycles. The molecule has 2 aromatic rings. The van der Waals surface area contributed by atoms with Crippen molar-refractivity contribution in [2.45, 2.75) is 33.1 Å². The molecule has 0 aliphatic heterocycles. The normalized spacial score (nSPS) is 11.5. The molecule has 0 bridgehead atoms. The van der Waals surface area contributed by atoms with E-state index in [-0.39, 0.29) is 12.5 Å². The molecule has 0 radical (unpaired) electrons. The summed E-state index contributed by atoms with van der Waals surface area (Å²) < 4.78 is 5.16. The Balaban J connectivity index is 2.33. The number of hydrogen-bond acceptors (Lipinski definition) is 7. The Morgan fingerprint density at radius 3 is 2.37 bits per heavy atom. The van der Waals surface area contributed by atoms with Crippen molar-refractivity contribution in [1.82, 2.24) is 5.32 Å². The number of nitroso groups, excluding NO2 is 1. The fourth-order valence-corrected chi connectivity index (χ4v) is 3.40. The Bertz CT molecular complexity index is 1020. The summed E-state index contributed by atoms with van der Waals surface area (Å²) >= 11 is 0. The predicted molar refractivity (Wildman–Crippen MR) is 141 cm³/mol. The van der Waals surface area contributed by atoms with Crippen LogP contribution >= 0.6 is 0 Å². The molecule has 0 saturated heterocycles. The maximum Gasteiger partial charge on any atom is 0.226 e. The van der Waals surface area contributed by atoms with Crippen LogP contribution in [0.4, 0.5) is 11.4 Å². The second kappa shape index (κ2) is 15.0. The van der Waals surface area contributed by atoms with E-state index in [0.29, 0.717) is 38.1 Å². The molecule has 0 unspecified atom stereocenters. The molecular weight excluding hydrogens is 446 g/mol. The molecule has 0 saturated carbocycles. The van der Waals surface area contributed by atoms with Gasteiger partial charge < -0.3 is 15.0 Å². The van der Waals surface area contributed by atoms with E-state index in [4.69, 9.17) is 4.74 Å². The zero-order valence-electron chi connectivity index (χ0n) is 20.5. The van der Waals surface area contributed by atoms with Gasteiger partial charge in [-0.2, -0.15) is 10.0 Å². The summed E-state index contributed by atoms with van der Waals surface area (Å²) in [4.78, 5) is 36.0. The summed E-state index contributed by atoms with van der Waals surface area (Å²) in [5, 5.41) is 10.1. The number of nitrogens with one attached hydrogen (secondary N) is 2. The summed E-state index contributed by atoms with van der Waals surface area (Å²) in [7, 11) is 1.59. The van der Waals surface area contributed by atoms with Gasteiger partial charge in [0.1, 0.15) is 12.3 Å². The van der Waals surface area contributed by atoms with E-state index >= 15 is 0 Å². The molecule has 2 aromatic carbocycles. The number of carbonyl (C=O) groups is 2. The number of methoxy groups -OCH3 is 1. The summed E-state index contributed by atoms with van der Waals surface area (Å²) in [5.41, 5.74) is 6.60. The molecule has 2 amide bonds. The summed E-state index contributed by atoms with van der Waals surface area (Å²) in [5.74, 6) is 0.795. The third kappa shape index (κ3) is 8.69. The maximum absolute atomic E-state index is 12.3. The largest absolute Gasteiger partial charge is 0.497 e. The number of benzene rings is 2. The Morgan fingerprint density at radius 1 is 1.09 bits per heavy atom. The van der Waals surface area contributed by atoms with Crippen molar-refractivity contribution < 1.29 is 14.3 Å². The van der Waals surface area contributed by atoms with Crippen LogP contribution in [0, 0.1) is 4.91 Å². The number of anilines is 2. The predicted octanol–water partition coefficient (Wildman–Crippen LogP) is 4.60. The van der Waals surface area contributed by atoms with Gasteiger partial charge in [0, 0.05) is 25.2 Å². The van der Waals surface area contributed by atoms with Crippen molar-refractivity contribution in [3.8, 4) is 5.75 Å². The third-order valence-electron chi connectivity index (χ3n) is 5.21. The number of carbonyl (C=O) groups excluding carboxylic acids is 2. The number of amides is 2. The summed E-state index contributed by atoms with van der Waals surface area (Å²) in [6.07, 6.45) is 4.29. The molecule has 2 N–H and O–H groups in total. The maximum atomic E-state index is 12.3. The quantitative estimate of drug-likeness (QED) is 0.127. The van der Waals surface area contributed by atoms with Crippen molar-refractivity contribution >= 4 is 35.5 Å². The van der Waals surface area contributed by atoms with E-state index < -0.39 is 0 Å². The molecular formula is C26H33N5O4. The van der Waals surface area contributed by atoms with Crippen LogP contribution in [-0.2, 0) is 9.59 Å². The van der Waals surface area contributed by atoms with Gasteiger partial charge in [0.2, 0.25) is 12.3 Å². The number of ether oxygens (including phenoxy) is 1. The Morgan fingerprint density at radius 2 is 1.80 bits per heavy atom. The first kappa shape index (κ1) is 27.2. The average molecular weight is 480 g/mol. The molecule has 9 heteroatoms. The van der Waals surface area contributed by atoms with E-state index in [0.717, 1.165) is 34.7 Å². The first-order valence-corrected chi connectivity index (χ1v) is 11.6. The first-order chi connectivity index (χ1) is 17.1. The van der Waals surface area contributed by atoms with Gasteiger partial charge in [-0.15, -0.1) is 0 Å². The van der Waals surface area contributed by atoms with Gasteiger partial charge in [-0.1, -0.05) is 31.2 Å². The van der Waals surface area contributed by atoms with Gasteiger partial charge in [0.25, 0.3) is 0 Å². The monoisotopic (exact) mass is 479 g/mol. The zero-order valence-corrected chi connectivity index (χ0v) is 20.5. The second-order valence-electron chi connectivity index (χ2n) is 7.67. The topological polar surface area (TPSA) is 112 Å². The fourth-order valence-electron chi connectivity index (χ4n) is 3.40. The van der Waals surface area contributed by atoms with Gasteiger partial charge in [-0.25, -0.2) is 0 Å². The van der Waals surface area contributed by atoms with Crippen molar-refractivity contribution in [3.63, 3.8) is 0 Å². The number of hydrazone groups is 1. The summed E-state index contributed by atoms with van der Waals surface area (Å²) in [6, 6.07) is 14.9. The highest BCUT2D eigenvalue weighted by Gasteiger charge is 2.13. The van der Waals surface area contributed by atoms with Gasteiger partial charge in [0.15, 0.2) is 0 Å². The molecule has 0 aromatic heterocycles. The fraction of sp³-hybridized carbons (Fsp3) is 0.346. The highest BCUT2D eigenvalue weighted by molar-refractivity contribution is 6.05. The Kier molecular flexibility index (Phi) is 11.7.